The Morgan fingerprint density at radius 1 is 1.17 bits per heavy atom. The molecule has 29 heavy (non-hydrogen) atoms. The molecule has 1 saturated carbocycles. The largest absolute Gasteiger partial charge is 0.394 e. The number of rotatable bonds is 5. The van der Waals surface area contributed by atoms with E-state index in [0.29, 0.717) is 40.4 Å². The van der Waals surface area contributed by atoms with Gasteiger partial charge in [-0.2, -0.15) is 4.98 Å². The van der Waals surface area contributed by atoms with E-state index in [1.165, 1.54) is 0 Å². The van der Waals surface area contributed by atoms with Gasteiger partial charge in [-0.05, 0) is 38.3 Å². The molecule has 1 fully saturated rings. The standard InChI is InChI=1S/C20H21N5O3S/c1-12-21-19(28-25-12)14-5-3-13(4-6-14)17-22-15-7-10-29(27)16(15)18(23-17)24-20(11-26)8-2-9-20/h3-6,26H,2,7-11H2,1H3,(H,22,23,24)/t29-/m1/s1. The summed E-state index contributed by atoms with van der Waals surface area (Å²) >= 11 is 0. The Kier molecular flexibility index (Phi) is 4.44. The topological polar surface area (TPSA) is 114 Å². The van der Waals surface area contributed by atoms with Gasteiger partial charge in [0.15, 0.2) is 11.6 Å². The van der Waals surface area contributed by atoms with Crippen molar-refractivity contribution in [1.29, 1.82) is 0 Å². The summed E-state index contributed by atoms with van der Waals surface area (Å²) in [5, 5.41) is 17.1. The van der Waals surface area contributed by atoms with Crippen molar-refractivity contribution in [3.8, 4) is 22.8 Å². The fourth-order valence-electron chi connectivity index (χ4n) is 3.76. The molecule has 2 aromatic heterocycles. The number of hydrogen-bond acceptors (Lipinski definition) is 8. The number of hydrogen-bond donors (Lipinski definition) is 2. The van der Waals surface area contributed by atoms with Crippen LogP contribution >= 0.6 is 0 Å². The van der Waals surface area contributed by atoms with Gasteiger partial charge in [0.25, 0.3) is 5.89 Å². The van der Waals surface area contributed by atoms with Crippen molar-refractivity contribution in [1.82, 2.24) is 20.1 Å². The molecule has 0 radical (unpaired) electrons. The summed E-state index contributed by atoms with van der Waals surface area (Å²) in [5.41, 5.74) is 2.12. The molecule has 0 saturated heterocycles. The third-order valence-corrected chi connectivity index (χ3v) is 7.06. The van der Waals surface area contributed by atoms with Gasteiger partial charge in [0.2, 0.25) is 0 Å². The molecule has 9 heteroatoms. The molecule has 1 aromatic carbocycles. The van der Waals surface area contributed by atoms with E-state index in [2.05, 4.69) is 20.4 Å². The Hall–Kier alpha value is -2.65. The maximum absolute atomic E-state index is 12.5. The summed E-state index contributed by atoms with van der Waals surface area (Å²) in [6.07, 6.45) is 3.48. The summed E-state index contributed by atoms with van der Waals surface area (Å²) in [7, 11) is -1.11. The zero-order chi connectivity index (χ0) is 20.0. The number of aromatic nitrogens is 4. The lowest BCUT2D eigenvalue weighted by molar-refractivity contribution is 0.143. The van der Waals surface area contributed by atoms with E-state index in [0.717, 1.165) is 36.1 Å². The second kappa shape index (κ2) is 7.00. The van der Waals surface area contributed by atoms with Crippen molar-refractivity contribution in [2.24, 2.45) is 0 Å². The molecular weight excluding hydrogens is 390 g/mol. The van der Waals surface area contributed by atoms with Crippen molar-refractivity contribution in [3.63, 3.8) is 0 Å². The van der Waals surface area contributed by atoms with Crippen LogP contribution in [-0.4, -0.2) is 47.3 Å². The van der Waals surface area contributed by atoms with Gasteiger partial charge < -0.3 is 14.9 Å². The quantitative estimate of drug-likeness (QED) is 0.658. The fourth-order valence-corrected chi connectivity index (χ4v) is 5.07. The molecule has 0 spiro atoms. The van der Waals surface area contributed by atoms with E-state index in [1.807, 2.05) is 24.3 Å². The lowest BCUT2D eigenvalue weighted by Crippen LogP contribution is -2.48. The van der Waals surface area contributed by atoms with Crippen molar-refractivity contribution in [2.45, 2.75) is 43.0 Å². The van der Waals surface area contributed by atoms with Crippen LogP contribution in [0, 0.1) is 6.92 Å². The van der Waals surface area contributed by atoms with Crippen LogP contribution in [0.3, 0.4) is 0 Å². The molecule has 1 aliphatic heterocycles. The van der Waals surface area contributed by atoms with Crippen LogP contribution in [0.15, 0.2) is 33.7 Å². The Labute approximate surface area is 170 Å². The smallest absolute Gasteiger partial charge is 0.257 e. The second-order valence-corrected chi connectivity index (χ2v) is 9.12. The van der Waals surface area contributed by atoms with Crippen LogP contribution < -0.4 is 5.32 Å². The van der Waals surface area contributed by atoms with Gasteiger partial charge in [0, 0.05) is 23.3 Å². The maximum atomic E-state index is 12.5. The lowest BCUT2D eigenvalue weighted by atomic mass is 9.77. The van der Waals surface area contributed by atoms with Gasteiger partial charge in [-0.25, -0.2) is 9.97 Å². The number of aliphatic hydroxyl groups excluding tert-OH is 1. The first kappa shape index (κ1) is 18.4. The average Bonchev–Trinajstić information content (AvgIpc) is 3.31. The van der Waals surface area contributed by atoms with Crippen molar-refractivity contribution < 1.29 is 13.8 Å². The highest BCUT2D eigenvalue weighted by atomic mass is 32.2. The van der Waals surface area contributed by atoms with E-state index in [9.17, 15) is 9.32 Å². The van der Waals surface area contributed by atoms with Crippen LogP contribution in [0.25, 0.3) is 22.8 Å². The van der Waals surface area contributed by atoms with Gasteiger partial charge in [-0.3, -0.25) is 4.21 Å². The molecule has 0 amide bonds. The van der Waals surface area contributed by atoms with E-state index in [1.54, 1.807) is 6.92 Å². The molecule has 0 unspecified atom stereocenters. The van der Waals surface area contributed by atoms with Gasteiger partial charge >= 0.3 is 0 Å². The average molecular weight is 411 g/mol. The molecule has 5 rings (SSSR count). The molecule has 150 valence electrons. The third kappa shape index (κ3) is 3.24. The molecule has 3 heterocycles. The van der Waals surface area contributed by atoms with E-state index >= 15 is 0 Å². The van der Waals surface area contributed by atoms with Gasteiger partial charge in [0.05, 0.1) is 28.6 Å². The van der Waals surface area contributed by atoms with Crippen molar-refractivity contribution >= 4 is 16.6 Å². The first-order valence-electron chi connectivity index (χ1n) is 9.66. The van der Waals surface area contributed by atoms with E-state index < -0.39 is 10.8 Å². The highest BCUT2D eigenvalue weighted by molar-refractivity contribution is 7.85. The molecule has 2 aliphatic rings. The molecule has 1 atom stereocenters. The molecule has 0 bridgehead atoms. The third-order valence-electron chi connectivity index (χ3n) is 5.60. The highest BCUT2D eigenvalue weighted by Gasteiger charge is 2.38. The molecule has 1 aliphatic carbocycles. The minimum Gasteiger partial charge on any atom is -0.394 e. The van der Waals surface area contributed by atoms with Gasteiger partial charge in [-0.1, -0.05) is 17.3 Å². The SMILES string of the molecule is Cc1noc(-c2ccc(-c3nc4c(c(NC5(CO)CCC5)n3)[S@](=O)CC4)cc2)n1. The summed E-state index contributed by atoms with van der Waals surface area (Å²) in [5.74, 6) is 2.78. The number of aliphatic hydroxyl groups is 1. The van der Waals surface area contributed by atoms with Gasteiger partial charge in [0.1, 0.15) is 10.7 Å². The highest BCUT2D eigenvalue weighted by Crippen LogP contribution is 2.38. The predicted molar refractivity (Wildman–Crippen MR) is 108 cm³/mol. The zero-order valence-corrected chi connectivity index (χ0v) is 16.8. The molecule has 3 aromatic rings. The summed E-state index contributed by atoms with van der Waals surface area (Å²) in [4.78, 5) is 14.3. The van der Waals surface area contributed by atoms with Crippen LogP contribution in [0.1, 0.15) is 30.8 Å². The fraction of sp³-hybridized carbons (Fsp3) is 0.400. The maximum Gasteiger partial charge on any atom is 0.257 e. The minimum atomic E-state index is -1.11. The Bertz CT molecular complexity index is 1090. The van der Waals surface area contributed by atoms with Crippen LogP contribution in [0.2, 0.25) is 0 Å². The summed E-state index contributed by atoms with van der Waals surface area (Å²) in [6.45, 7) is 1.81. The normalized spacial score (nSPS) is 19.6. The van der Waals surface area contributed by atoms with Crippen LogP contribution in [0.5, 0.6) is 0 Å². The van der Waals surface area contributed by atoms with E-state index in [4.69, 9.17) is 9.51 Å². The number of benzene rings is 1. The van der Waals surface area contributed by atoms with E-state index in [-0.39, 0.29) is 12.1 Å². The Morgan fingerprint density at radius 2 is 1.93 bits per heavy atom. The molecule has 8 nitrogen and oxygen atoms in total. The second-order valence-electron chi connectivity index (χ2n) is 7.61. The Morgan fingerprint density at radius 3 is 2.55 bits per heavy atom. The van der Waals surface area contributed by atoms with Crippen LogP contribution in [0.4, 0.5) is 5.82 Å². The zero-order valence-electron chi connectivity index (χ0n) is 16.0. The lowest BCUT2D eigenvalue weighted by Gasteiger charge is -2.41. The first-order chi connectivity index (χ1) is 14.1. The number of fused-ring (bicyclic) bond motifs is 1. The first-order valence-corrected chi connectivity index (χ1v) is 11.0. The summed E-state index contributed by atoms with van der Waals surface area (Å²) < 4.78 is 17.7. The monoisotopic (exact) mass is 411 g/mol. The molecule has 2 N–H and O–H groups in total. The minimum absolute atomic E-state index is 0.0338. The van der Waals surface area contributed by atoms with Crippen molar-refractivity contribution in [2.75, 3.05) is 17.7 Å². The number of aryl methyl sites for hydroxylation is 2. The predicted octanol–water partition coefficient (Wildman–Crippen LogP) is 2.49. The number of nitrogens with zero attached hydrogens (tertiary/aromatic N) is 4. The van der Waals surface area contributed by atoms with Crippen molar-refractivity contribution in [3.05, 3.63) is 35.8 Å². The number of nitrogens with one attached hydrogen (secondary N) is 1. The molecular formula is C20H21N5O3S. The van der Waals surface area contributed by atoms with Crippen LogP contribution in [-0.2, 0) is 17.2 Å². The number of anilines is 1. The Balaban J connectivity index is 1.52. The van der Waals surface area contributed by atoms with Gasteiger partial charge in [-0.15, -0.1) is 0 Å². The summed E-state index contributed by atoms with van der Waals surface area (Å²) in [6, 6.07) is 7.62.